The molecule has 1 saturated carbocycles. The molecule has 0 spiro atoms. The summed E-state index contributed by atoms with van der Waals surface area (Å²) in [5, 5.41) is 10.5. The molecule has 0 aliphatic heterocycles. The van der Waals surface area contributed by atoms with Crippen molar-refractivity contribution in [3.63, 3.8) is 0 Å². The molecule has 3 atom stereocenters. The number of hydrogen-bond acceptors (Lipinski definition) is 1. The minimum absolute atomic E-state index is 0.135. The summed E-state index contributed by atoms with van der Waals surface area (Å²) in [4.78, 5) is 0. The van der Waals surface area contributed by atoms with Gasteiger partial charge in [0.05, 0.1) is 12.0 Å². The van der Waals surface area contributed by atoms with Gasteiger partial charge in [0.25, 0.3) is 0 Å². The van der Waals surface area contributed by atoms with E-state index >= 15 is 0 Å². The second kappa shape index (κ2) is 5.76. The van der Waals surface area contributed by atoms with Crippen LogP contribution in [0.15, 0.2) is 18.2 Å². The highest BCUT2D eigenvalue weighted by atomic mass is 19.4. The molecule has 20 heavy (non-hydrogen) atoms. The van der Waals surface area contributed by atoms with Crippen LogP contribution in [0.2, 0.25) is 0 Å². The number of aliphatic hydroxyl groups is 1. The van der Waals surface area contributed by atoms with Gasteiger partial charge in [-0.25, -0.2) is 0 Å². The molecular formula is C16H21F3O. The van der Waals surface area contributed by atoms with E-state index in [0.29, 0.717) is 18.4 Å². The number of benzene rings is 1. The third-order valence-corrected chi connectivity index (χ3v) is 4.40. The average Bonchev–Trinajstić information content (AvgIpc) is 2.40. The molecule has 1 nitrogen and oxygen atoms in total. The van der Waals surface area contributed by atoms with Gasteiger partial charge in [-0.1, -0.05) is 36.6 Å². The third kappa shape index (κ3) is 3.17. The Labute approximate surface area is 117 Å². The van der Waals surface area contributed by atoms with Gasteiger partial charge >= 0.3 is 6.18 Å². The summed E-state index contributed by atoms with van der Waals surface area (Å²) in [6, 6.07) is 5.58. The molecule has 2 rings (SSSR count). The molecule has 4 heteroatoms. The molecule has 1 fully saturated rings. The van der Waals surface area contributed by atoms with Crippen LogP contribution < -0.4 is 0 Å². The normalized spacial score (nSPS) is 25.5. The van der Waals surface area contributed by atoms with Crippen LogP contribution in [0.5, 0.6) is 0 Å². The fourth-order valence-electron chi connectivity index (χ4n) is 3.25. The summed E-state index contributed by atoms with van der Waals surface area (Å²) in [7, 11) is 0. The lowest BCUT2D eigenvalue weighted by Crippen LogP contribution is -2.36. The predicted molar refractivity (Wildman–Crippen MR) is 72.4 cm³/mol. The molecule has 1 aliphatic rings. The van der Waals surface area contributed by atoms with E-state index < -0.39 is 24.1 Å². The fourth-order valence-corrected chi connectivity index (χ4v) is 3.25. The smallest absolute Gasteiger partial charge is 0.388 e. The van der Waals surface area contributed by atoms with Gasteiger partial charge in [0, 0.05) is 5.92 Å². The molecule has 0 saturated heterocycles. The summed E-state index contributed by atoms with van der Waals surface area (Å²) < 4.78 is 39.4. The van der Waals surface area contributed by atoms with Gasteiger partial charge in [0.2, 0.25) is 0 Å². The first kappa shape index (κ1) is 15.4. The largest absolute Gasteiger partial charge is 0.392 e. The maximum atomic E-state index is 13.1. The number of aryl methyl sites for hydroxylation is 2. The van der Waals surface area contributed by atoms with E-state index in [1.165, 1.54) is 0 Å². The highest BCUT2D eigenvalue weighted by molar-refractivity contribution is 5.32. The van der Waals surface area contributed by atoms with Crippen molar-refractivity contribution >= 4 is 0 Å². The molecule has 0 amide bonds. The summed E-state index contributed by atoms with van der Waals surface area (Å²) in [5.41, 5.74) is 2.46. The number of rotatable bonds is 2. The lowest BCUT2D eigenvalue weighted by molar-refractivity contribution is -0.207. The van der Waals surface area contributed by atoms with Crippen molar-refractivity contribution in [1.29, 1.82) is 0 Å². The zero-order chi connectivity index (χ0) is 14.9. The van der Waals surface area contributed by atoms with Crippen molar-refractivity contribution in [2.45, 2.75) is 51.8 Å². The Morgan fingerprint density at radius 2 is 1.80 bits per heavy atom. The highest BCUT2D eigenvalue weighted by Crippen LogP contribution is 2.46. The molecule has 112 valence electrons. The molecule has 3 unspecified atom stereocenters. The molecule has 0 bridgehead atoms. The molecule has 1 N–H and O–H groups in total. The Bertz CT molecular complexity index is 467. The van der Waals surface area contributed by atoms with E-state index in [0.717, 1.165) is 17.5 Å². The zero-order valence-corrected chi connectivity index (χ0v) is 11.9. The Balaban J connectivity index is 2.30. The number of hydrogen-bond donors (Lipinski definition) is 1. The van der Waals surface area contributed by atoms with Crippen LogP contribution in [0.1, 0.15) is 48.5 Å². The fraction of sp³-hybridized carbons (Fsp3) is 0.625. The van der Waals surface area contributed by atoms with Crippen molar-refractivity contribution < 1.29 is 18.3 Å². The van der Waals surface area contributed by atoms with Gasteiger partial charge in [-0.3, -0.25) is 0 Å². The minimum atomic E-state index is -4.22. The van der Waals surface area contributed by atoms with E-state index in [1.807, 2.05) is 32.0 Å². The van der Waals surface area contributed by atoms with E-state index in [-0.39, 0.29) is 6.42 Å². The standard InChI is InChI=1S/C16H21F3O/c1-10-7-8-11(2)13(9-10)15(20)12-5-3-4-6-14(12)16(17,18)19/h7-9,12,14-15,20H,3-6H2,1-2H3. The molecule has 0 radical (unpaired) electrons. The second-order valence-corrected chi connectivity index (χ2v) is 5.90. The van der Waals surface area contributed by atoms with Crippen LogP contribution in [-0.2, 0) is 0 Å². The van der Waals surface area contributed by atoms with Crippen LogP contribution in [0, 0.1) is 25.7 Å². The van der Waals surface area contributed by atoms with E-state index in [9.17, 15) is 18.3 Å². The van der Waals surface area contributed by atoms with Crippen LogP contribution in [0.4, 0.5) is 13.2 Å². The molecule has 1 aliphatic carbocycles. The first-order valence-electron chi connectivity index (χ1n) is 7.12. The SMILES string of the molecule is Cc1ccc(C)c(C(O)C2CCCCC2C(F)(F)F)c1. The van der Waals surface area contributed by atoms with Crippen molar-refractivity contribution in [3.05, 3.63) is 34.9 Å². The summed E-state index contributed by atoms with van der Waals surface area (Å²) >= 11 is 0. The van der Waals surface area contributed by atoms with Gasteiger partial charge in [-0.05, 0) is 37.8 Å². The second-order valence-electron chi connectivity index (χ2n) is 5.90. The lowest BCUT2D eigenvalue weighted by atomic mass is 9.73. The molecular weight excluding hydrogens is 265 g/mol. The van der Waals surface area contributed by atoms with Crippen LogP contribution in [-0.4, -0.2) is 11.3 Å². The number of aliphatic hydroxyl groups excluding tert-OH is 1. The van der Waals surface area contributed by atoms with Crippen LogP contribution in [0.25, 0.3) is 0 Å². The monoisotopic (exact) mass is 286 g/mol. The van der Waals surface area contributed by atoms with Crippen molar-refractivity contribution in [2.75, 3.05) is 0 Å². The lowest BCUT2D eigenvalue weighted by Gasteiger charge is -2.36. The topological polar surface area (TPSA) is 20.2 Å². The van der Waals surface area contributed by atoms with E-state index in [1.54, 1.807) is 0 Å². The Hall–Kier alpha value is -1.03. The Morgan fingerprint density at radius 3 is 2.45 bits per heavy atom. The first-order valence-corrected chi connectivity index (χ1v) is 7.12. The molecule has 1 aromatic carbocycles. The minimum Gasteiger partial charge on any atom is -0.388 e. The summed E-state index contributed by atoms with van der Waals surface area (Å²) in [6.07, 6.45) is -3.31. The van der Waals surface area contributed by atoms with Crippen LogP contribution >= 0.6 is 0 Å². The first-order chi connectivity index (χ1) is 9.30. The average molecular weight is 286 g/mol. The van der Waals surface area contributed by atoms with Gasteiger partial charge in [0.1, 0.15) is 0 Å². The van der Waals surface area contributed by atoms with Gasteiger partial charge in [-0.15, -0.1) is 0 Å². The summed E-state index contributed by atoms with van der Waals surface area (Å²) in [6.45, 7) is 3.72. The molecule has 1 aromatic rings. The quantitative estimate of drug-likeness (QED) is 0.835. The highest BCUT2D eigenvalue weighted by Gasteiger charge is 2.48. The number of alkyl halides is 3. The van der Waals surface area contributed by atoms with Gasteiger partial charge in [0.15, 0.2) is 0 Å². The summed E-state index contributed by atoms with van der Waals surface area (Å²) in [5.74, 6) is -2.10. The molecule has 0 heterocycles. The van der Waals surface area contributed by atoms with E-state index in [4.69, 9.17) is 0 Å². The number of halogens is 3. The van der Waals surface area contributed by atoms with Crippen molar-refractivity contribution in [1.82, 2.24) is 0 Å². The van der Waals surface area contributed by atoms with Gasteiger partial charge in [-0.2, -0.15) is 13.2 Å². The molecule has 0 aromatic heterocycles. The van der Waals surface area contributed by atoms with Crippen molar-refractivity contribution in [2.24, 2.45) is 11.8 Å². The maximum absolute atomic E-state index is 13.1. The Kier molecular flexibility index (Phi) is 4.43. The van der Waals surface area contributed by atoms with Crippen molar-refractivity contribution in [3.8, 4) is 0 Å². The van der Waals surface area contributed by atoms with Crippen LogP contribution in [0.3, 0.4) is 0 Å². The maximum Gasteiger partial charge on any atom is 0.392 e. The predicted octanol–water partition coefficient (Wildman–Crippen LogP) is 4.71. The Morgan fingerprint density at radius 1 is 1.15 bits per heavy atom. The third-order valence-electron chi connectivity index (χ3n) is 4.40. The van der Waals surface area contributed by atoms with E-state index in [2.05, 4.69) is 0 Å². The van der Waals surface area contributed by atoms with Gasteiger partial charge < -0.3 is 5.11 Å². The zero-order valence-electron chi connectivity index (χ0n) is 11.9.